The lowest BCUT2D eigenvalue weighted by atomic mass is 10.1. The van der Waals surface area contributed by atoms with Crippen LogP contribution in [0.15, 0.2) is 24.3 Å². The average Bonchev–Trinajstić information content (AvgIpc) is 2.76. The van der Waals surface area contributed by atoms with E-state index in [0.29, 0.717) is 17.8 Å². The fourth-order valence-electron chi connectivity index (χ4n) is 1.42. The van der Waals surface area contributed by atoms with Crippen molar-refractivity contribution in [2.75, 3.05) is 0 Å². The predicted octanol–water partition coefficient (Wildman–Crippen LogP) is 3.05. The molecule has 1 aromatic heterocycles. The van der Waals surface area contributed by atoms with Crippen molar-refractivity contribution in [1.29, 1.82) is 0 Å². The van der Waals surface area contributed by atoms with Crippen molar-refractivity contribution in [3.8, 4) is 11.4 Å². The molecule has 0 amide bonds. The molecule has 0 saturated heterocycles. The molecule has 0 atom stereocenters. The van der Waals surface area contributed by atoms with Gasteiger partial charge in [-0.3, -0.25) is 5.10 Å². The third kappa shape index (κ3) is 2.46. The molecule has 1 aromatic carbocycles. The zero-order valence-electron chi connectivity index (χ0n) is 9.04. The minimum Gasteiger partial charge on any atom is -0.263 e. The highest BCUT2D eigenvalue weighted by Gasteiger charge is 2.30. The molecule has 1 heterocycles. The topological polar surface area (TPSA) is 41.6 Å². The Balaban J connectivity index is 2.39. The van der Waals surface area contributed by atoms with E-state index in [2.05, 4.69) is 15.2 Å². The van der Waals surface area contributed by atoms with Crippen LogP contribution in [0.25, 0.3) is 11.4 Å². The number of H-pyrrole nitrogens is 1. The third-order valence-corrected chi connectivity index (χ3v) is 2.31. The Hall–Kier alpha value is -1.85. The summed E-state index contributed by atoms with van der Waals surface area (Å²) >= 11 is 0. The number of alkyl halides is 3. The zero-order valence-corrected chi connectivity index (χ0v) is 9.04. The van der Waals surface area contributed by atoms with Gasteiger partial charge in [0.25, 0.3) is 0 Å². The Morgan fingerprint density at radius 2 is 2.06 bits per heavy atom. The lowest BCUT2D eigenvalue weighted by Crippen LogP contribution is -2.04. The van der Waals surface area contributed by atoms with E-state index in [0.717, 1.165) is 12.1 Å². The summed E-state index contributed by atoms with van der Waals surface area (Å²) in [6.07, 6.45) is -3.69. The predicted molar refractivity (Wildman–Crippen MR) is 56.2 cm³/mol. The normalized spacial score (nSPS) is 11.8. The van der Waals surface area contributed by atoms with Crippen LogP contribution in [-0.4, -0.2) is 15.2 Å². The number of benzene rings is 1. The van der Waals surface area contributed by atoms with Gasteiger partial charge < -0.3 is 0 Å². The van der Waals surface area contributed by atoms with Crippen molar-refractivity contribution in [3.63, 3.8) is 0 Å². The second kappa shape index (κ2) is 4.20. The highest BCUT2D eigenvalue weighted by atomic mass is 19.4. The molecule has 2 rings (SSSR count). The van der Waals surface area contributed by atoms with Crippen molar-refractivity contribution in [1.82, 2.24) is 15.2 Å². The summed E-state index contributed by atoms with van der Waals surface area (Å²) in [4.78, 5) is 4.09. The zero-order chi connectivity index (χ0) is 12.5. The number of aromatic nitrogens is 3. The van der Waals surface area contributed by atoms with Gasteiger partial charge in [-0.1, -0.05) is 19.1 Å². The van der Waals surface area contributed by atoms with Crippen LogP contribution in [0.4, 0.5) is 13.2 Å². The van der Waals surface area contributed by atoms with Gasteiger partial charge in [0.05, 0.1) is 5.56 Å². The van der Waals surface area contributed by atoms with Crippen LogP contribution in [0.3, 0.4) is 0 Å². The number of hydrogen-bond acceptors (Lipinski definition) is 2. The molecule has 0 aliphatic carbocycles. The Morgan fingerprint density at radius 3 is 2.65 bits per heavy atom. The van der Waals surface area contributed by atoms with Gasteiger partial charge in [0.15, 0.2) is 5.82 Å². The van der Waals surface area contributed by atoms with Crippen LogP contribution in [0.2, 0.25) is 0 Å². The molecule has 6 heteroatoms. The van der Waals surface area contributed by atoms with E-state index in [4.69, 9.17) is 0 Å². The Bertz CT molecular complexity index is 517. The van der Waals surface area contributed by atoms with Crippen molar-refractivity contribution < 1.29 is 13.2 Å². The standard InChI is InChI=1S/C11H10F3N3/c1-2-9-15-10(17-16-9)7-4-3-5-8(6-7)11(12,13)14/h3-6H,2H2,1H3,(H,15,16,17). The quantitative estimate of drug-likeness (QED) is 0.877. The second-order valence-corrected chi connectivity index (χ2v) is 3.54. The highest BCUT2D eigenvalue weighted by Crippen LogP contribution is 2.31. The maximum absolute atomic E-state index is 12.5. The van der Waals surface area contributed by atoms with E-state index in [1.807, 2.05) is 6.92 Å². The van der Waals surface area contributed by atoms with E-state index < -0.39 is 11.7 Å². The number of rotatable bonds is 2. The van der Waals surface area contributed by atoms with Crippen LogP contribution in [0.1, 0.15) is 18.3 Å². The fourth-order valence-corrected chi connectivity index (χ4v) is 1.42. The first-order valence-electron chi connectivity index (χ1n) is 5.09. The fraction of sp³-hybridized carbons (Fsp3) is 0.273. The van der Waals surface area contributed by atoms with Crippen molar-refractivity contribution in [3.05, 3.63) is 35.7 Å². The molecule has 90 valence electrons. The monoisotopic (exact) mass is 241 g/mol. The average molecular weight is 241 g/mol. The molecule has 0 aliphatic rings. The first-order chi connectivity index (χ1) is 8.00. The second-order valence-electron chi connectivity index (χ2n) is 3.54. The summed E-state index contributed by atoms with van der Waals surface area (Å²) in [5.41, 5.74) is -0.339. The van der Waals surface area contributed by atoms with E-state index in [-0.39, 0.29) is 5.82 Å². The van der Waals surface area contributed by atoms with Gasteiger partial charge in [-0.05, 0) is 12.1 Å². The van der Waals surface area contributed by atoms with E-state index >= 15 is 0 Å². The molecule has 0 saturated carbocycles. The Labute approximate surface area is 95.7 Å². The van der Waals surface area contributed by atoms with Gasteiger partial charge in [0, 0.05) is 12.0 Å². The summed E-state index contributed by atoms with van der Waals surface area (Å²) in [5.74, 6) is 0.936. The lowest BCUT2D eigenvalue weighted by Gasteiger charge is -2.06. The lowest BCUT2D eigenvalue weighted by molar-refractivity contribution is -0.137. The summed E-state index contributed by atoms with van der Waals surface area (Å²) in [6, 6.07) is 4.97. The number of aryl methyl sites for hydroxylation is 1. The van der Waals surface area contributed by atoms with Crippen LogP contribution >= 0.6 is 0 Å². The van der Waals surface area contributed by atoms with Crippen LogP contribution < -0.4 is 0 Å². The van der Waals surface area contributed by atoms with Gasteiger partial charge in [-0.2, -0.15) is 18.3 Å². The number of aromatic amines is 1. The van der Waals surface area contributed by atoms with Gasteiger partial charge in [-0.15, -0.1) is 0 Å². The summed E-state index contributed by atoms with van der Waals surface area (Å²) in [6.45, 7) is 1.89. The van der Waals surface area contributed by atoms with Gasteiger partial charge in [0.2, 0.25) is 0 Å². The number of hydrogen-bond donors (Lipinski definition) is 1. The Kier molecular flexibility index (Phi) is 2.87. The third-order valence-electron chi connectivity index (χ3n) is 2.31. The van der Waals surface area contributed by atoms with Crippen LogP contribution in [-0.2, 0) is 12.6 Å². The number of halogens is 3. The smallest absolute Gasteiger partial charge is 0.263 e. The molecular formula is C11H10F3N3. The highest BCUT2D eigenvalue weighted by molar-refractivity contribution is 5.56. The van der Waals surface area contributed by atoms with Gasteiger partial charge >= 0.3 is 6.18 Å². The molecular weight excluding hydrogens is 231 g/mol. The van der Waals surface area contributed by atoms with Crippen molar-refractivity contribution >= 4 is 0 Å². The molecule has 0 bridgehead atoms. The molecule has 0 fully saturated rings. The van der Waals surface area contributed by atoms with E-state index in [1.54, 1.807) is 6.07 Å². The van der Waals surface area contributed by atoms with Crippen molar-refractivity contribution in [2.24, 2.45) is 0 Å². The minimum absolute atomic E-state index is 0.285. The molecule has 17 heavy (non-hydrogen) atoms. The van der Waals surface area contributed by atoms with E-state index in [9.17, 15) is 13.2 Å². The molecule has 0 radical (unpaired) electrons. The summed E-state index contributed by atoms with van der Waals surface area (Å²) < 4.78 is 37.5. The van der Waals surface area contributed by atoms with Crippen LogP contribution in [0, 0.1) is 0 Å². The first-order valence-corrected chi connectivity index (χ1v) is 5.09. The summed E-state index contributed by atoms with van der Waals surface area (Å²) in [5, 5.41) is 6.55. The SMILES string of the molecule is CCc1nc(-c2cccc(C(F)(F)F)c2)n[nH]1. The number of nitrogens with zero attached hydrogens (tertiary/aromatic N) is 2. The maximum Gasteiger partial charge on any atom is 0.416 e. The molecule has 0 unspecified atom stereocenters. The molecule has 2 aromatic rings. The largest absolute Gasteiger partial charge is 0.416 e. The van der Waals surface area contributed by atoms with Crippen LogP contribution in [0.5, 0.6) is 0 Å². The van der Waals surface area contributed by atoms with E-state index in [1.165, 1.54) is 6.07 Å². The maximum atomic E-state index is 12.5. The molecule has 3 nitrogen and oxygen atoms in total. The molecule has 0 aliphatic heterocycles. The first kappa shape index (κ1) is 11.6. The number of nitrogens with one attached hydrogen (secondary N) is 1. The molecule has 0 spiro atoms. The van der Waals surface area contributed by atoms with Gasteiger partial charge in [-0.25, -0.2) is 4.98 Å². The Morgan fingerprint density at radius 1 is 1.29 bits per heavy atom. The minimum atomic E-state index is -4.35. The van der Waals surface area contributed by atoms with Gasteiger partial charge in [0.1, 0.15) is 5.82 Å². The summed E-state index contributed by atoms with van der Waals surface area (Å²) in [7, 11) is 0. The van der Waals surface area contributed by atoms with Crippen molar-refractivity contribution in [2.45, 2.75) is 19.5 Å². The molecule has 1 N–H and O–H groups in total.